The number of carbonyl (C=O) groups is 1. The SMILES string of the molecule is CCCCN(CCCC)C(=O)c1cccc(Br)c1. The van der Waals surface area contributed by atoms with E-state index < -0.39 is 0 Å². The fourth-order valence-electron chi connectivity index (χ4n) is 1.82. The van der Waals surface area contributed by atoms with Crippen LogP contribution in [0.1, 0.15) is 49.9 Å². The number of hydrogen-bond donors (Lipinski definition) is 0. The number of unbranched alkanes of at least 4 members (excludes halogenated alkanes) is 2. The summed E-state index contributed by atoms with van der Waals surface area (Å²) < 4.78 is 0.958. The van der Waals surface area contributed by atoms with E-state index in [2.05, 4.69) is 29.8 Å². The first-order chi connectivity index (χ1) is 8.69. The molecular formula is C15H22BrNO. The maximum Gasteiger partial charge on any atom is 0.253 e. The number of hydrogen-bond acceptors (Lipinski definition) is 1. The van der Waals surface area contributed by atoms with E-state index in [0.29, 0.717) is 0 Å². The molecule has 1 aromatic carbocycles. The van der Waals surface area contributed by atoms with E-state index in [4.69, 9.17) is 0 Å². The third-order valence-corrected chi connectivity index (χ3v) is 3.42. The topological polar surface area (TPSA) is 20.3 Å². The number of benzene rings is 1. The largest absolute Gasteiger partial charge is 0.339 e. The van der Waals surface area contributed by atoms with Crippen molar-refractivity contribution in [2.24, 2.45) is 0 Å². The van der Waals surface area contributed by atoms with Gasteiger partial charge in [-0.25, -0.2) is 0 Å². The average molecular weight is 312 g/mol. The van der Waals surface area contributed by atoms with Crippen molar-refractivity contribution in [2.45, 2.75) is 39.5 Å². The molecule has 0 N–H and O–H groups in total. The van der Waals surface area contributed by atoms with Gasteiger partial charge < -0.3 is 4.90 Å². The lowest BCUT2D eigenvalue weighted by molar-refractivity contribution is 0.0751. The van der Waals surface area contributed by atoms with Gasteiger partial charge >= 0.3 is 0 Å². The molecule has 2 nitrogen and oxygen atoms in total. The number of nitrogens with zero attached hydrogens (tertiary/aromatic N) is 1. The van der Waals surface area contributed by atoms with Crippen LogP contribution in [0.3, 0.4) is 0 Å². The molecule has 0 saturated heterocycles. The summed E-state index contributed by atoms with van der Waals surface area (Å²) in [5.74, 6) is 0.151. The zero-order chi connectivity index (χ0) is 13.4. The molecule has 0 spiro atoms. The summed E-state index contributed by atoms with van der Waals surface area (Å²) in [6.45, 7) is 6.03. The first kappa shape index (κ1) is 15.2. The van der Waals surface area contributed by atoms with Gasteiger partial charge in [-0.2, -0.15) is 0 Å². The van der Waals surface area contributed by atoms with Crippen LogP contribution < -0.4 is 0 Å². The average Bonchev–Trinajstić information content (AvgIpc) is 2.38. The molecular weight excluding hydrogens is 290 g/mol. The Bertz CT molecular complexity index is 371. The van der Waals surface area contributed by atoms with E-state index in [9.17, 15) is 4.79 Å². The minimum Gasteiger partial charge on any atom is -0.339 e. The Morgan fingerprint density at radius 3 is 2.28 bits per heavy atom. The van der Waals surface area contributed by atoms with Crippen molar-refractivity contribution >= 4 is 21.8 Å². The smallest absolute Gasteiger partial charge is 0.253 e. The summed E-state index contributed by atoms with van der Waals surface area (Å²) in [5.41, 5.74) is 0.775. The lowest BCUT2D eigenvalue weighted by Gasteiger charge is -2.22. The highest BCUT2D eigenvalue weighted by atomic mass is 79.9. The van der Waals surface area contributed by atoms with E-state index in [0.717, 1.165) is 48.8 Å². The monoisotopic (exact) mass is 311 g/mol. The first-order valence-electron chi connectivity index (χ1n) is 6.73. The Balaban J connectivity index is 2.73. The molecule has 1 amide bonds. The summed E-state index contributed by atoms with van der Waals surface area (Å²) in [6.07, 6.45) is 4.38. The van der Waals surface area contributed by atoms with Crippen LogP contribution in [0.5, 0.6) is 0 Å². The van der Waals surface area contributed by atoms with E-state index in [1.165, 1.54) is 0 Å². The third-order valence-electron chi connectivity index (χ3n) is 2.92. The van der Waals surface area contributed by atoms with Gasteiger partial charge in [0.05, 0.1) is 0 Å². The van der Waals surface area contributed by atoms with Crippen LogP contribution in [0.4, 0.5) is 0 Å². The van der Waals surface area contributed by atoms with Crippen LogP contribution >= 0.6 is 15.9 Å². The molecule has 1 rings (SSSR count). The highest BCUT2D eigenvalue weighted by Gasteiger charge is 2.14. The van der Waals surface area contributed by atoms with Crippen LogP contribution in [0.15, 0.2) is 28.7 Å². The van der Waals surface area contributed by atoms with Gasteiger partial charge in [0.25, 0.3) is 5.91 Å². The van der Waals surface area contributed by atoms with Gasteiger partial charge in [-0.05, 0) is 31.0 Å². The summed E-state index contributed by atoms with van der Waals surface area (Å²) in [5, 5.41) is 0. The molecule has 0 unspecified atom stereocenters. The minimum absolute atomic E-state index is 0.151. The van der Waals surface area contributed by atoms with Crippen LogP contribution in [-0.2, 0) is 0 Å². The summed E-state index contributed by atoms with van der Waals surface area (Å²) in [7, 11) is 0. The molecule has 0 saturated carbocycles. The van der Waals surface area contributed by atoms with Gasteiger partial charge in [0, 0.05) is 23.1 Å². The van der Waals surface area contributed by atoms with E-state index >= 15 is 0 Å². The second-order valence-corrected chi connectivity index (χ2v) is 5.43. The molecule has 0 aliphatic carbocycles. The van der Waals surface area contributed by atoms with Gasteiger partial charge in [0.15, 0.2) is 0 Å². The molecule has 0 bridgehead atoms. The van der Waals surface area contributed by atoms with E-state index in [-0.39, 0.29) is 5.91 Å². The minimum atomic E-state index is 0.151. The summed E-state index contributed by atoms with van der Waals surface area (Å²) in [4.78, 5) is 14.4. The van der Waals surface area contributed by atoms with Crippen molar-refractivity contribution in [3.8, 4) is 0 Å². The Labute approximate surface area is 119 Å². The van der Waals surface area contributed by atoms with Crippen molar-refractivity contribution in [1.82, 2.24) is 4.90 Å². The highest BCUT2D eigenvalue weighted by Crippen LogP contribution is 2.14. The second-order valence-electron chi connectivity index (χ2n) is 4.51. The van der Waals surface area contributed by atoms with Crippen LogP contribution in [0, 0.1) is 0 Å². The van der Waals surface area contributed by atoms with Gasteiger partial charge in [0.2, 0.25) is 0 Å². The maximum atomic E-state index is 12.4. The predicted octanol–water partition coefficient (Wildman–Crippen LogP) is 4.49. The Hall–Kier alpha value is -0.830. The van der Waals surface area contributed by atoms with Crippen molar-refractivity contribution in [3.05, 3.63) is 34.3 Å². The number of carbonyl (C=O) groups excluding carboxylic acids is 1. The number of halogens is 1. The molecule has 1 aromatic rings. The van der Waals surface area contributed by atoms with Crippen molar-refractivity contribution < 1.29 is 4.79 Å². The van der Waals surface area contributed by atoms with E-state index in [1.807, 2.05) is 29.2 Å². The molecule has 0 aromatic heterocycles. The fourth-order valence-corrected chi connectivity index (χ4v) is 2.22. The molecule has 18 heavy (non-hydrogen) atoms. The van der Waals surface area contributed by atoms with Gasteiger partial charge in [-0.1, -0.05) is 48.7 Å². The summed E-state index contributed by atoms with van der Waals surface area (Å²) >= 11 is 3.41. The van der Waals surface area contributed by atoms with E-state index in [1.54, 1.807) is 0 Å². The van der Waals surface area contributed by atoms with Crippen molar-refractivity contribution in [3.63, 3.8) is 0 Å². The molecule has 0 aliphatic rings. The lowest BCUT2D eigenvalue weighted by atomic mass is 10.1. The molecule has 0 atom stereocenters. The maximum absolute atomic E-state index is 12.4. The lowest BCUT2D eigenvalue weighted by Crippen LogP contribution is -2.32. The Morgan fingerprint density at radius 2 is 1.78 bits per heavy atom. The molecule has 0 fully saturated rings. The fraction of sp³-hybridized carbons (Fsp3) is 0.533. The zero-order valence-corrected chi connectivity index (χ0v) is 12.9. The normalized spacial score (nSPS) is 10.4. The molecule has 100 valence electrons. The standard InChI is InChI=1S/C15H22BrNO/c1-3-5-10-17(11-6-4-2)15(18)13-8-7-9-14(16)12-13/h7-9,12H,3-6,10-11H2,1-2H3. The van der Waals surface area contributed by atoms with Crippen molar-refractivity contribution in [2.75, 3.05) is 13.1 Å². The Morgan fingerprint density at radius 1 is 1.17 bits per heavy atom. The van der Waals surface area contributed by atoms with Crippen LogP contribution in [-0.4, -0.2) is 23.9 Å². The van der Waals surface area contributed by atoms with Gasteiger partial charge in [-0.15, -0.1) is 0 Å². The zero-order valence-electron chi connectivity index (χ0n) is 11.3. The van der Waals surface area contributed by atoms with Gasteiger partial charge in [-0.3, -0.25) is 4.79 Å². The number of rotatable bonds is 7. The molecule has 3 heteroatoms. The number of amides is 1. The molecule has 0 aliphatic heterocycles. The second kappa shape index (κ2) is 8.30. The molecule has 0 radical (unpaired) electrons. The predicted molar refractivity (Wildman–Crippen MR) is 79.9 cm³/mol. The summed E-state index contributed by atoms with van der Waals surface area (Å²) in [6, 6.07) is 7.64. The quantitative estimate of drug-likeness (QED) is 0.726. The highest BCUT2D eigenvalue weighted by molar-refractivity contribution is 9.10. The Kier molecular flexibility index (Phi) is 7.02. The van der Waals surface area contributed by atoms with Crippen LogP contribution in [0.2, 0.25) is 0 Å². The van der Waals surface area contributed by atoms with Crippen molar-refractivity contribution in [1.29, 1.82) is 0 Å². The first-order valence-corrected chi connectivity index (χ1v) is 7.53. The molecule has 0 heterocycles. The van der Waals surface area contributed by atoms with Crippen LogP contribution in [0.25, 0.3) is 0 Å². The third kappa shape index (κ3) is 4.81. The van der Waals surface area contributed by atoms with Gasteiger partial charge in [0.1, 0.15) is 0 Å².